The van der Waals surface area contributed by atoms with Crippen molar-refractivity contribution in [2.45, 2.75) is 12.5 Å². The summed E-state index contributed by atoms with van der Waals surface area (Å²) in [5.41, 5.74) is 6.11. The number of methoxy groups -OCH3 is 1. The summed E-state index contributed by atoms with van der Waals surface area (Å²) in [4.78, 5) is 23.6. The summed E-state index contributed by atoms with van der Waals surface area (Å²) in [7, 11) is 1.44. The molecule has 1 unspecified atom stereocenters. The molecule has 1 aliphatic rings. The van der Waals surface area contributed by atoms with Gasteiger partial charge in [0.1, 0.15) is 11.9 Å². The van der Waals surface area contributed by atoms with Gasteiger partial charge in [-0.25, -0.2) is 19.2 Å². The van der Waals surface area contributed by atoms with E-state index in [0.717, 1.165) is 4.68 Å². The number of fused-ring (bicyclic) bond motifs is 1. The van der Waals surface area contributed by atoms with Crippen LogP contribution in [0.2, 0.25) is 0 Å². The van der Waals surface area contributed by atoms with Crippen LogP contribution in [0.3, 0.4) is 0 Å². The minimum atomic E-state index is -1.01. The first-order valence-corrected chi connectivity index (χ1v) is 11.3. The van der Waals surface area contributed by atoms with E-state index in [4.69, 9.17) is 25.4 Å². The van der Waals surface area contributed by atoms with Crippen molar-refractivity contribution in [3.8, 4) is 23.2 Å². The number of hydrogen-bond acceptors (Lipinski definition) is 9. The number of halogens is 1. The molecule has 3 heterocycles. The average molecular weight is 506 g/mol. The minimum absolute atomic E-state index is 0.0521. The maximum absolute atomic E-state index is 16.0. The molecule has 0 aliphatic carbocycles. The fourth-order valence-corrected chi connectivity index (χ4v) is 3.86. The molecular formula is C24H23FN8O4. The first-order chi connectivity index (χ1) is 18.0. The van der Waals surface area contributed by atoms with Gasteiger partial charge in [-0.1, -0.05) is 0 Å². The van der Waals surface area contributed by atoms with Crippen LogP contribution in [-0.4, -0.2) is 50.9 Å². The first-order valence-electron chi connectivity index (χ1n) is 11.3. The quantitative estimate of drug-likeness (QED) is 0.217. The van der Waals surface area contributed by atoms with E-state index >= 15 is 4.39 Å². The number of benzene rings is 2. The molecule has 13 heteroatoms. The topological polar surface area (TPSA) is 166 Å². The van der Waals surface area contributed by atoms with Crippen molar-refractivity contribution in [3.05, 3.63) is 82.0 Å². The molecule has 0 spiro atoms. The van der Waals surface area contributed by atoms with Crippen molar-refractivity contribution in [1.29, 1.82) is 5.41 Å². The number of hydrogen-bond donors (Lipinski definition) is 4. The highest BCUT2D eigenvalue weighted by atomic mass is 19.1. The summed E-state index contributed by atoms with van der Waals surface area (Å²) in [6, 6.07) is 8.72. The Morgan fingerprint density at radius 1 is 1.22 bits per heavy atom. The summed E-state index contributed by atoms with van der Waals surface area (Å²) < 4.78 is 33.8. The van der Waals surface area contributed by atoms with E-state index in [-0.39, 0.29) is 47.0 Å². The lowest BCUT2D eigenvalue weighted by Gasteiger charge is -2.22. The fourth-order valence-electron chi connectivity index (χ4n) is 3.86. The molecule has 37 heavy (non-hydrogen) atoms. The van der Waals surface area contributed by atoms with Gasteiger partial charge < -0.3 is 25.3 Å². The number of nitrogens with one attached hydrogen (secondary N) is 3. The van der Waals surface area contributed by atoms with Crippen LogP contribution < -0.4 is 31.0 Å². The molecule has 5 N–H and O–H groups in total. The number of ether oxygens (including phenoxy) is 3. The predicted molar refractivity (Wildman–Crippen MR) is 131 cm³/mol. The van der Waals surface area contributed by atoms with Gasteiger partial charge in [-0.15, -0.1) is 9.78 Å². The molecule has 4 aromatic rings. The van der Waals surface area contributed by atoms with Crippen LogP contribution in [0.25, 0.3) is 5.95 Å². The van der Waals surface area contributed by atoms with Crippen molar-refractivity contribution < 1.29 is 18.6 Å². The number of H-pyrrole nitrogens is 1. The van der Waals surface area contributed by atoms with Gasteiger partial charge in [0.05, 0.1) is 20.3 Å². The molecule has 190 valence electrons. The molecule has 5 rings (SSSR count). The number of nitrogens with zero attached hydrogens (tertiary/aromatic N) is 4. The Kier molecular flexibility index (Phi) is 6.41. The molecule has 1 aliphatic heterocycles. The Labute approximate surface area is 209 Å². The zero-order valence-electron chi connectivity index (χ0n) is 19.7. The molecule has 0 bridgehead atoms. The Hall–Kier alpha value is -4.94. The molecule has 0 saturated heterocycles. The highest BCUT2D eigenvalue weighted by Crippen LogP contribution is 2.45. The largest absolute Gasteiger partial charge is 0.493 e. The van der Waals surface area contributed by atoms with E-state index in [0.29, 0.717) is 24.3 Å². The number of aromatic nitrogens is 5. The van der Waals surface area contributed by atoms with Gasteiger partial charge in [0, 0.05) is 35.6 Å². The van der Waals surface area contributed by atoms with E-state index in [1.807, 2.05) is 0 Å². The lowest BCUT2D eigenvalue weighted by Crippen LogP contribution is -2.18. The van der Waals surface area contributed by atoms with E-state index in [9.17, 15) is 4.79 Å². The van der Waals surface area contributed by atoms with Gasteiger partial charge in [0.2, 0.25) is 11.5 Å². The van der Waals surface area contributed by atoms with Crippen LogP contribution >= 0.6 is 0 Å². The minimum Gasteiger partial charge on any atom is -0.493 e. The monoisotopic (exact) mass is 506 g/mol. The SMILES string of the molecule is COc1cc(C(Nc2ccc(C(=N)N)cc2)c2nn(-c3ncccn3)c(=O)[nH]2)c(F)c2c1OCCCO2. The summed E-state index contributed by atoms with van der Waals surface area (Å²) in [5, 5.41) is 15.2. The molecule has 0 saturated carbocycles. The second-order valence-electron chi connectivity index (χ2n) is 8.04. The molecule has 12 nitrogen and oxygen atoms in total. The third kappa shape index (κ3) is 4.66. The van der Waals surface area contributed by atoms with Crippen LogP contribution in [0, 0.1) is 11.2 Å². The van der Waals surface area contributed by atoms with E-state index in [1.54, 1.807) is 30.3 Å². The molecule has 0 fully saturated rings. The number of anilines is 1. The molecule has 0 radical (unpaired) electrons. The Bertz CT molecular complexity index is 1490. The number of amidine groups is 1. The van der Waals surface area contributed by atoms with Gasteiger partial charge in [0.25, 0.3) is 5.95 Å². The van der Waals surface area contributed by atoms with Gasteiger partial charge in [-0.3, -0.25) is 10.4 Å². The lowest BCUT2D eigenvalue weighted by atomic mass is 10.0. The van der Waals surface area contributed by atoms with Crippen LogP contribution in [0.5, 0.6) is 17.2 Å². The number of nitrogens with two attached hydrogens (primary N) is 1. The number of rotatable bonds is 7. The Morgan fingerprint density at radius 2 is 1.92 bits per heavy atom. The Balaban J connectivity index is 1.65. The highest BCUT2D eigenvalue weighted by Gasteiger charge is 2.31. The summed E-state index contributed by atoms with van der Waals surface area (Å²) in [6.07, 6.45) is 3.53. The smallest absolute Gasteiger partial charge is 0.350 e. The van der Waals surface area contributed by atoms with Crippen molar-refractivity contribution in [3.63, 3.8) is 0 Å². The summed E-state index contributed by atoms with van der Waals surface area (Å²) in [6.45, 7) is 0.610. The lowest BCUT2D eigenvalue weighted by molar-refractivity contribution is 0.288. The second-order valence-corrected chi connectivity index (χ2v) is 8.04. The number of aromatic amines is 1. The highest BCUT2D eigenvalue weighted by molar-refractivity contribution is 5.95. The zero-order chi connectivity index (χ0) is 25.9. The molecule has 2 aromatic heterocycles. The van der Waals surface area contributed by atoms with Gasteiger partial charge in [-0.05, 0) is 36.4 Å². The van der Waals surface area contributed by atoms with Crippen LogP contribution in [0.4, 0.5) is 10.1 Å². The van der Waals surface area contributed by atoms with Crippen molar-refractivity contribution in [2.24, 2.45) is 5.73 Å². The molecule has 2 aromatic carbocycles. The second kappa shape index (κ2) is 9.97. The van der Waals surface area contributed by atoms with E-state index < -0.39 is 17.5 Å². The summed E-state index contributed by atoms with van der Waals surface area (Å²) >= 11 is 0. The standard InChI is InChI=1S/C24H23FN8O4/c1-35-16-12-15(17(25)20-19(16)36-10-3-11-37-20)18(30-14-6-4-13(5-7-14)21(26)27)22-31-24(34)33(32-22)23-28-8-2-9-29-23/h2,4-9,12,18,30H,3,10-11H2,1H3,(H3,26,27)(H,31,32,34). The zero-order valence-corrected chi connectivity index (χ0v) is 19.7. The van der Waals surface area contributed by atoms with Crippen LogP contribution in [0.1, 0.15) is 29.4 Å². The van der Waals surface area contributed by atoms with Crippen molar-refractivity contribution in [2.75, 3.05) is 25.6 Å². The Morgan fingerprint density at radius 3 is 2.59 bits per heavy atom. The van der Waals surface area contributed by atoms with Crippen LogP contribution in [0.15, 0.2) is 53.6 Å². The third-order valence-corrected chi connectivity index (χ3v) is 5.64. The van der Waals surface area contributed by atoms with Crippen molar-refractivity contribution >= 4 is 11.5 Å². The number of nitrogen functional groups attached to an aromatic ring is 1. The maximum Gasteiger partial charge on any atom is 0.350 e. The molecular weight excluding hydrogens is 483 g/mol. The average Bonchev–Trinajstić information content (AvgIpc) is 3.13. The van der Waals surface area contributed by atoms with Crippen LogP contribution in [-0.2, 0) is 0 Å². The summed E-state index contributed by atoms with van der Waals surface area (Å²) in [5.74, 6) is -0.295. The normalized spacial score (nSPS) is 13.5. The van der Waals surface area contributed by atoms with Gasteiger partial charge in [-0.2, -0.15) is 0 Å². The first kappa shape index (κ1) is 23.8. The predicted octanol–water partition coefficient (Wildman–Crippen LogP) is 2.15. The third-order valence-electron chi connectivity index (χ3n) is 5.64. The molecule has 1 atom stereocenters. The van der Waals surface area contributed by atoms with E-state index in [2.05, 4.69) is 25.4 Å². The van der Waals surface area contributed by atoms with E-state index in [1.165, 1.54) is 25.6 Å². The van der Waals surface area contributed by atoms with Crippen molar-refractivity contribution in [1.82, 2.24) is 24.7 Å². The van der Waals surface area contributed by atoms with Gasteiger partial charge in [0.15, 0.2) is 17.4 Å². The maximum atomic E-state index is 16.0. The van der Waals surface area contributed by atoms with Gasteiger partial charge >= 0.3 is 5.69 Å². The fraction of sp³-hybridized carbons (Fsp3) is 0.208. The molecule has 0 amide bonds.